The zero-order valence-corrected chi connectivity index (χ0v) is 8.19. The number of allylic oxidation sites excluding steroid dienone is 1. The molecule has 2 heteroatoms. The van der Waals surface area contributed by atoms with Gasteiger partial charge in [-0.3, -0.25) is 4.79 Å². The van der Waals surface area contributed by atoms with E-state index >= 15 is 0 Å². The predicted octanol–water partition coefficient (Wildman–Crippen LogP) is 2.75. The molecule has 1 aliphatic carbocycles. The molecule has 2 aromatic rings. The lowest BCUT2D eigenvalue weighted by molar-refractivity contribution is 0.532. The summed E-state index contributed by atoms with van der Waals surface area (Å²) < 4.78 is 5.71. The highest BCUT2D eigenvalue weighted by Crippen LogP contribution is 2.20. The molecule has 0 atom stereocenters. The maximum atomic E-state index is 12.1. The van der Waals surface area contributed by atoms with Gasteiger partial charge in [0.2, 0.25) is 0 Å². The molecule has 0 radical (unpaired) electrons. The van der Waals surface area contributed by atoms with E-state index in [1.807, 2.05) is 36.4 Å². The number of para-hydroxylation sites is 1. The number of hydrogen-bond donors (Lipinski definition) is 0. The zero-order valence-electron chi connectivity index (χ0n) is 8.19. The van der Waals surface area contributed by atoms with E-state index in [4.69, 9.17) is 4.42 Å². The molecule has 2 nitrogen and oxygen atoms in total. The van der Waals surface area contributed by atoms with Gasteiger partial charge in [-0.15, -0.1) is 0 Å². The van der Waals surface area contributed by atoms with Gasteiger partial charge in [-0.25, -0.2) is 0 Å². The van der Waals surface area contributed by atoms with Crippen molar-refractivity contribution in [2.75, 3.05) is 0 Å². The van der Waals surface area contributed by atoms with Crippen LogP contribution in [0.15, 0.2) is 39.6 Å². The largest absolute Gasteiger partial charge is 0.460 e. The molecular weight excluding hydrogens is 188 g/mol. The van der Waals surface area contributed by atoms with Gasteiger partial charge in [-0.05, 0) is 18.6 Å². The summed E-state index contributed by atoms with van der Waals surface area (Å²) in [6.45, 7) is 0. The van der Waals surface area contributed by atoms with Crippen LogP contribution in [0.2, 0.25) is 0 Å². The second kappa shape index (κ2) is 3.09. The topological polar surface area (TPSA) is 30.2 Å². The Morgan fingerprint density at radius 3 is 3.00 bits per heavy atom. The predicted molar refractivity (Wildman–Crippen MR) is 59.8 cm³/mol. The van der Waals surface area contributed by atoms with Crippen molar-refractivity contribution in [2.45, 2.75) is 12.8 Å². The van der Waals surface area contributed by atoms with Gasteiger partial charge in [0.05, 0.1) is 10.9 Å². The SMILES string of the molecule is O=c1c2c(oc3ccccc13)CCC=C2. The second-order valence-corrected chi connectivity index (χ2v) is 3.71. The lowest BCUT2D eigenvalue weighted by Gasteiger charge is -2.09. The Kier molecular flexibility index (Phi) is 1.75. The minimum Gasteiger partial charge on any atom is -0.460 e. The van der Waals surface area contributed by atoms with Gasteiger partial charge >= 0.3 is 0 Å². The van der Waals surface area contributed by atoms with Gasteiger partial charge in [-0.1, -0.05) is 24.3 Å². The lowest BCUT2D eigenvalue weighted by Crippen LogP contribution is -2.10. The van der Waals surface area contributed by atoms with Crippen molar-refractivity contribution in [1.29, 1.82) is 0 Å². The van der Waals surface area contributed by atoms with Crippen molar-refractivity contribution in [2.24, 2.45) is 0 Å². The van der Waals surface area contributed by atoms with Crippen LogP contribution in [-0.4, -0.2) is 0 Å². The third-order valence-corrected chi connectivity index (χ3v) is 2.73. The Morgan fingerprint density at radius 1 is 1.20 bits per heavy atom. The molecule has 1 aromatic carbocycles. The van der Waals surface area contributed by atoms with Crippen LogP contribution in [-0.2, 0) is 6.42 Å². The van der Waals surface area contributed by atoms with E-state index in [9.17, 15) is 4.79 Å². The van der Waals surface area contributed by atoms with Crippen LogP contribution in [0, 0.1) is 0 Å². The molecule has 1 heterocycles. The van der Waals surface area contributed by atoms with Crippen LogP contribution in [0.5, 0.6) is 0 Å². The average molecular weight is 198 g/mol. The molecule has 0 aliphatic heterocycles. The first-order chi connectivity index (χ1) is 7.36. The smallest absolute Gasteiger partial charge is 0.200 e. The molecule has 1 aromatic heterocycles. The number of benzene rings is 1. The van der Waals surface area contributed by atoms with Gasteiger partial charge < -0.3 is 4.42 Å². The summed E-state index contributed by atoms with van der Waals surface area (Å²) in [6, 6.07) is 7.40. The molecule has 15 heavy (non-hydrogen) atoms. The Labute approximate surface area is 86.8 Å². The first-order valence-corrected chi connectivity index (χ1v) is 5.07. The minimum atomic E-state index is 0.0859. The molecule has 1 aliphatic rings. The molecule has 0 unspecified atom stereocenters. The number of fused-ring (bicyclic) bond motifs is 2. The van der Waals surface area contributed by atoms with Crippen molar-refractivity contribution in [1.82, 2.24) is 0 Å². The third kappa shape index (κ3) is 1.22. The molecular formula is C13H10O2. The van der Waals surface area contributed by atoms with E-state index in [-0.39, 0.29) is 5.43 Å². The molecule has 3 rings (SSSR count). The van der Waals surface area contributed by atoms with Gasteiger partial charge in [0.1, 0.15) is 11.3 Å². The summed E-state index contributed by atoms with van der Waals surface area (Å²) in [7, 11) is 0. The summed E-state index contributed by atoms with van der Waals surface area (Å²) >= 11 is 0. The molecule has 0 amide bonds. The van der Waals surface area contributed by atoms with Crippen LogP contribution in [0.4, 0.5) is 0 Å². The zero-order chi connectivity index (χ0) is 10.3. The van der Waals surface area contributed by atoms with Gasteiger partial charge in [0.15, 0.2) is 5.43 Å². The maximum Gasteiger partial charge on any atom is 0.200 e. The van der Waals surface area contributed by atoms with E-state index in [0.717, 1.165) is 24.2 Å². The number of hydrogen-bond acceptors (Lipinski definition) is 2. The van der Waals surface area contributed by atoms with Crippen molar-refractivity contribution in [3.05, 3.63) is 51.9 Å². The monoisotopic (exact) mass is 198 g/mol. The fraction of sp³-hybridized carbons (Fsp3) is 0.154. The highest BCUT2D eigenvalue weighted by atomic mass is 16.3. The normalized spacial score (nSPS) is 14.1. The van der Waals surface area contributed by atoms with E-state index < -0.39 is 0 Å². The molecule has 74 valence electrons. The fourth-order valence-corrected chi connectivity index (χ4v) is 1.97. The number of aryl methyl sites for hydroxylation is 1. The van der Waals surface area contributed by atoms with Crippen molar-refractivity contribution >= 4 is 17.0 Å². The van der Waals surface area contributed by atoms with E-state index in [1.165, 1.54) is 0 Å². The van der Waals surface area contributed by atoms with Crippen molar-refractivity contribution in [3.8, 4) is 0 Å². The van der Waals surface area contributed by atoms with Crippen LogP contribution in [0.1, 0.15) is 17.7 Å². The quantitative estimate of drug-likeness (QED) is 0.651. The molecule has 0 spiro atoms. The molecule has 0 N–H and O–H groups in total. The average Bonchev–Trinajstić information content (AvgIpc) is 2.30. The molecule has 0 fully saturated rings. The lowest BCUT2D eigenvalue weighted by atomic mass is 10.0. The maximum absolute atomic E-state index is 12.1. The molecule has 0 bridgehead atoms. The van der Waals surface area contributed by atoms with Crippen LogP contribution < -0.4 is 5.43 Å². The van der Waals surface area contributed by atoms with Gasteiger partial charge in [-0.2, -0.15) is 0 Å². The third-order valence-electron chi connectivity index (χ3n) is 2.73. The van der Waals surface area contributed by atoms with Crippen LogP contribution in [0.3, 0.4) is 0 Å². The van der Waals surface area contributed by atoms with E-state index in [2.05, 4.69) is 0 Å². The summed E-state index contributed by atoms with van der Waals surface area (Å²) in [5.74, 6) is 0.821. The Bertz CT molecular complexity index is 605. The van der Waals surface area contributed by atoms with Crippen LogP contribution >= 0.6 is 0 Å². The first kappa shape index (κ1) is 8.48. The van der Waals surface area contributed by atoms with E-state index in [1.54, 1.807) is 0 Å². The number of rotatable bonds is 0. The summed E-state index contributed by atoms with van der Waals surface area (Å²) in [4.78, 5) is 12.1. The fourth-order valence-electron chi connectivity index (χ4n) is 1.97. The Balaban J connectivity index is 2.48. The molecule has 0 saturated heterocycles. The van der Waals surface area contributed by atoms with Crippen molar-refractivity contribution < 1.29 is 4.42 Å². The summed E-state index contributed by atoms with van der Waals surface area (Å²) in [6.07, 6.45) is 5.67. The van der Waals surface area contributed by atoms with Crippen molar-refractivity contribution in [3.63, 3.8) is 0 Å². The Morgan fingerprint density at radius 2 is 2.07 bits per heavy atom. The highest BCUT2D eigenvalue weighted by Gasteiger charge is 2.13. The van der Waals surface area contributed by atoms with Gasteiger partial charge in [0, 0.05) is 6.42 Å². The molecule has 0 saturated carbocycles. The Hall–Kier alpha value is -1.83. The minimum absolute atomic E-state index is 0.0859. The summed E-state index contributed by atoms with van der Waals surface area (Å²) in [5, 5.41) is 0.669. The second-order valence-electron chi connectivity index (χ2n) is 3.71. The van der Waals surface area contributed by atoms with Crippen LogP contribution in [0.25, 0.3) is 17.0 Å². The summed E-state index contributed by atoms with van der Waals surface area (Å²) in [5.41, 5.74) is 1.50. The first-order valence-electron chi connectivity index (χ1n) is 5.07. The van der Waals surface area contributed by atoms with Gasteiger partial charge in [0.25, 0.3) is 0 Å². The standard InChI is InChI=1S/C13H10O2/c14-13-9-5-1-3-7-11(9)15-12-8-4-2-6-10(12)13/h1-3,5-7H,4,8H2. The van der Waals surface area contributed by atoms with E-state index in [0.29, 0.717) is 11.0 Å². The highest BCUT2D eigenvalue weighted by molar-refractivity contribution is 5.79.